The predicted molar refractivity (Wildman–Crippen MR) is 83.3 cm³/mol. The van der Waals surface area contributed by atoms with Crippen LogP contribution >= 0.6 is 23.1 Å². The van der Waals surface area contributed by atoms with Crippen LogP contribution in [0.3, 0.4) is 0 Å². The Morgan fingerprint density at radius 3 is 2.89 bits per heavy atom. The van der Waals surface area contributed by atoms with Crippen molar-refractivity contribution in [1.29, 1.82) is 0 Å². The molecule has 2 rings (SSSR count). The predicted octanol–water partition coefficient (Wildman–Crippen LogP) is 3.75. The third-order valence-corrected chi connectivity index (χ3v) is 4.59. The number of nitrogens with one attached hydrogen (secondary N) is 1. The molecule has 0 saturated carbocycles. The molecule has 0 fully saturated rings. The van der Waals surface area contributed by atoms with E-state index in [9.17, 15) is 4.79 Å². The van der Waals surface area contributed by atoms with Crippen molar-refractivity contribution in [3.8, 4) is 0 Å². The van der Waals surface area contributed by atoms with Gasteiger partial charge in [0.05, 0.1) is 0 Å². The lowest BCUT2D eigenvalue weighted by Crippen LogP contribution is -2.26. The zero-order valence-corrected chi connectivity index (χ0v) is 12.7. The monoisotopic (exact) mass is 291 g/mol. The molecule has 0 unspecified atom stereocenters. The number of rotatable bonds is 5. The van der Waals surface area contributed by atoms with E-state index in [-0.39, 0.29) is 5.91 Å². The van der Waals surface area contributed by atoms with Gasteiger partial charge in [0.1, 0.15) is 0 Å². The SMILES string of the molecule is CSc1ccc(C)c(C(=O)NCCc2cccs2)c1. The number of hydrogen-bond acceptors (Lipinski definition) is 3. The average molecular weight is 291 g/mol. The molecule has 4 heteroatoms. The van der Waals surface area contributed by atoms with Crippen LogP contribution in [-0.2, 0) is 6.42 Å². The Morgan fingerprint density at radius 2 is 2.21 bits per heavy atom. The van der Waals surface area contributed by atoms with Gasteiger partial charge in [0.2, 0.25) is 0 Å². The molecule has 100 valence electrons. The Morgan fingerprint density at radius 1 is 1.37 bits per heavy atom. The fraction of sp³-hybridized carbons (Fsp3) is 0.267. The van der Waals surface area contributed by atoms with Crippen molar-refractivity contribution in [2.45, 2.75) is 18.2 Å². The molecule has 0 radical (unpaired) electrons. The van der Waals surface area contributed by atoms with E-state index in [1.165, 1.54) is 4.88 Å². The van der Waals surface area contributed by atoms with Gasteiger partial charge >= 0.3 is 0 Å². The molecule has 1 N–H and O–H groups in total. The van der Waals surface area contributed by atoms with Crippen LogP contribution in [0.5, 0.6) is 0 Å². The van der Waals surface area contributed by atoms with Gasteiger partial charge in [0, 0.05) is 21.9 Å². The second kappa shape index (κ2) is 6.78. The van der Waals surface area contributed by atoms with Crippen LogP contribution in [0.4, 0.5) is 0 Å². The molecule has 1 amide bonds. The molecule has 1 heterocycles. The Labute approximate surface area is 122 Å². The van der Waals surface area contributed by atoms with Crippen LogP contribution in [0.2, 0.25) is 0 Å². The fourth-order valence-corrected chi connectivity index (χ4v) is 2.97. The highest BCUT2D eigenvalue weighted by molar-refractivity contribution is 7.98. The second-order valence-electron chi connectivity index (χ2n) is 4.27. The largest absolute Gasteiger partial charge is 0.352 e. The quantitative estimate of drug-likeness (QED) is 0.850. The highest BCUT2D eigenvalue weighted by Gasteiger charge is 2.09. The zero-order chi connectivity index (χ0) is 13.7. The Kier molecular flexibility index (Phi) is 5.05. The average Bonchev–Trinajstić information content (AvgIpc) is 2.92. The second-order valence-corrected chi connectivity index (χ2v) is 6.18. The van der Waals surface area contributed by atoms with Gasteiger partial charge in [-0.2, -0.15) is 0 Å². The van der Waals surface area contributed by atoms with Crippen molar-refractivity contribution in [1.82, 2.24) is 5.32 Å². The van der Waals surface area contributed by atoms with Crippen LogP contribution in [0.25, 0.3) is 0 Å². The van der Waals surface area contributed by atoms with Crippen molar-refractivity contribution in [2.75, 3.05) is 12.8 Å². The fourth-order valence-electron chi connectivity index (χ4n) is 1.82. The summed E-state index contributed by atoms with van der Waals surface area (Å²) in [6.45, 7) is 2.65. The minimum absolute atomic E-state index is 0.0185. The first-order valence-corrected chi connectivity index (χ1v) is 8.26. The molecule has 1 aromatic heterocycles. The summed E-state index contributed by atoms with van der Waals surface area (Å²) in [6.07, 6.45) is 2.91. The number of hydrogen-bond donors (Lipinski definition) is 1. The number of amides is 1. The van der Waals surface area contributed by atoms with Gasteiger partial charge in [-0.25, -0.2) is 0 Å². The first kappa shape index (κ1) is 14.2. The van der Waals surface area contributed by atoms with E-state index in [1.54, 1.807) is 23.1 Å². The maximum atomic E-state index is 12.1. The van der Waals surface area contributed by atoms with E-state index >= 15 is 0 Å². The summed E-state index contributed by atoms with van der Waals surface area (Å²) in [4.78, 5) is 14.6. The molecule has 0 aliphatic carbocycles. The summed E-state index contributed by atoms with van der Waals surface area (Å²) in [5.74, 6) is 0.0185. The normalized spacial score (nSPS) is 10.4. The standard InChI is InChI=1S/C15H17NOS2/c1-11-5-6-13(18-2)10-14(11)15(17)16-8-7-12-4-3-9-19-12/h3-6,9-10H,7-8H2,1-2H3,(H,16,17). The molecule has 0 spiro atoms. The minimum atomic E-state index is 0.0185. The van der Waals surface area contributed by atoms with Gasteiger partial charge in [0.25, 0.3) is 5.91 Å². The number of thiophene rings is 1. The van der Waals surface area contributed by atoms with Gasteiger partial charge in [-0.15, -0.1) is 23.1 Å². The molecule has 1 aromatic carbocycles. The van der Waals surface area contributed by atoms with Crippen LogP contribution < -0.4 is 5.32 Å². The lowest BCUT2D eigenvalue weighted by atomic mass is 10.1. The lowest BCUT2D eigenvalue weighted by Gasteiger charge is -2.08. The van der Waals surface area contributed by atoms with Gasteiger partial charge in [0.15, 0.2) is 0 Å². The van der Waals surface area contributed by atoms with E-state index < -0.39 is 0 Å². The number of aryl methyl sites for hydroxylation is 1. The smallest absolute Gasteiger partial charge is 0.251 e. The first-order valence-electron chi connectivity index (χ1n) is 6.16. The van der Waals surface area contributed by atoms with Crippen molar-refractivity contribution in [2.24, 2.45) is 0 Å². The molecule has 0 saturated heterocycles. The molecule has 2 aromatic rings. The van der Waals surface area contributed by atoms with Crippen molar-refractivity contribution < 1.29 is 4.79 Å². The number of carbonyl (C=O) groups excluding carboxylic acids is 1. The van der Waals surface area contributed by atoms with Crippen LogP contribution in [0.1, 0.15) is 20.8 Å². The summed E-state index contributed by atoms with van der Waals surface area (Å²) < 4.78 is 0. The first-order chi connectivity index (χ1) is 9.20. The molecule has 2 nitrogen and oxygen atoms in total. The van der Waals surface area contributed by atoms with E-state index in [4.69, 9.17) is 0 Å². The molecular formula is C15H17NOS2. The van der Waals surface area contributed by atoms with Crippen molar-refractivity contribution in [3.63, 3.8) is 0 Å². The van der Waals surface area contributed by atoms with E-state index in [0.717, 1.165) is 22.4 Å². The van der Waals surface area contributed by atoms with Gasteiger partial charge in [-0.1, -0.05) is 12.1 Å². The summed E-state index contributed by atoms with van der Waals surface area (Å²) in [7, 11) is 0. The highest BCUT2D eigenvalue weighted by atomic mass is 32.2. The van der Waals surface area contributed by atoms with Crippen molar-refractivity contribution in [3.05, 3.63) is 51.7 Å². The molecule has 0 atom stereocenters. The van der Waals surface area contributed by atoms with Crippen LogP contribution in [0.15, 0.2) is 40.6 Å². The molecule has 0 aliphatic heterocycles. The number of carbonyl (C=O) groups is 1. The topological polar surface area (TPSA) is 29.1 Å². The maximum Gasteiger partial charge on any atom is 0.251 e. The molecule has 0 bridgehead atoms. The molecule has 0 aliphatic rings. The van der Waals surface area contributed by atoms with Gasteiger partial charge < -0.3 is 5.32 Å². The number of benzene rings is 1. The Bertz CT molecular complexity index is 549. The number of thioether (sulfide) groups is 1. The zero-order valence-electron chi connectivity index (χ0n) is 11.1. The minimum Gasteiger partial charge on any atom is -0.352 e. The van der Waals surface area contributed by atoms with Crippen LogP contribution in [0, 0.1) is 6.92 Å². The summed E-state index contributed by atoms with van der Waals surface area (Å²) >= 11 is 3.38. The highest BCUT2D eigenvalue weighted by Crippen LogP contribution is 2.19. The van der Waals surface area contributed by atoms with Gasteiger partial charge in [-0.05, 0) is 48.7 Å². The van der Waals surface area contributed by atoms with E-state index in [0.29, 0.717) is 6.54 Å². The lowest BCUT2D eigenvalue weighted by molar-refractivity contribution is 0.0953. The Hall–Kier alpha value is -1.26. The molecular weight excluding hydrogens is 274 g/mol. The van der Waals surface area contributed by atoms with E-state index in [1.807, 2.05) is 37.4 Å². The van der Waals surface area contributed by atoms with Crippen molar-refractivity contribution >= 4 is 29.0 Å². The third-order valence-electron chi connectivity index (χ3n) is 2.93. The summed E-state index contributed by atoms with van der Waals surface area (Å²) in [5, 5.41) is 5.05. The summed E-state index contributed by atoms with van der Waals surface area (Å²) in [5.41, 5.74) is 1.80. The molecule has 19 heavy (non-hydrogen) atoms. The van der Waals surface area contributed by atoms with Gasteiger partial charge in [-0.3, -0.25) is 4.79 Å². The maximum absolute atomic E-state index is 12.1. The third kappa shape index (κ3) is 3.85. The van der Waals surface area contributed by atoms with E-state index in [2.05, 4.69) is 16.8 Å². The summed E-state index contributed by atoms with van der Waals surface area (Å²) in [6, 6.07) is 10.1. The van der Waals surface area contributed by atoms with Crippen LogP contribution in [-0.4, -0.2) is 18.7 Å². The Balaban J connectivity index is 1.95.